The first kappa shape index (κ1) is 75.9. The van der Waals surface area contributed by atoms with Gasteiger partial charge in [-0.15, -0.1) is 22.7 Å². The quantitative estimate of drug-likeness (QED) is 0.0141. The number of carboxylic acids is 1. The minimum atomic E-state index is -1.38. The van der Waals surface area contributed by atoms with Crippen molar-refractivity contribution < 1.29 is 72.3 Å². The number of nitrogens with two attached hydrogens (primary N) is 1. The van der Waals surface area contributed by atoms with E-state index in [1.807, 2.05) is 63.2 Å². The summed E-state index contributed by atoms with van der Waals surface area (Å²) in [5.41, 5.74) is 7.95. The molecule has 3 saturated carbocycles. The van der Waals surface area contributed by atoms with Gasteiger partial charge in [-0.25, -0.2) is 24.4 Å². The molecule has 6 fully saturated rings. The monoisotopic (exact) mass is 1440 g/mol. The third-order valence-electron chi connectivity index (χ3n) is 18.7. The van der Waals surface area contributed by atoms with Gasteiger partial charge in [0, 0.05) is 48.3 Å². The summed E-state index contributed by atoms with van der Waals surface area (Å²) < 4.78 is 37.2. The molecular weight excluding hydrogens is 1360 g/mol. The number of Topliss-reactive ketones (excluding diaryl/α,β-unsaturated/α-hetero) is 2. The second kappa shape index (κ2) is 32.5. The third-order valence-corrected chi connectivity index (χ3v) is 20.1. The Balaban J connectivity index is 0.000000260. The van der Waals surface area contributed by atoms with Gasteiger partial charge in [0.15, 0.2) is 33.3 Å². The van der Waals surface area contributed by atoms with Crippen molar-refractivity contribution in [2.24, 2.45) is 27.6 Å². The number of fused-ring (bicyclic) bond motifs is 1. The van der Waals surface area contributed by atoms with Gasteiger partial charge in [0.05, 0.1) is 18.8 Å². The lowest BCUT2D eigenvalue weighted by atomic mass is 9.43. The Bertz CT molecular complexity index is 3730. The van der Waals surface area contributed by atoms with E-state index < -0.39 is 71.4 Å². The van der Waals surface area contributed by atoms with Crippen LogP contribution in [0.1, 0.15) is 174 Å². The second-order valence-electron chi connectivity index (χ2n) is 28.3. The Hall–Kier alpha value is -6.33. The number of nitrogens with zero attached hydrogens (tertiary/aromatic N) is 6. The van der Waals surface area contributed by atoms with Crippen molar-refractivity contribution >= 4 is 128 Å². The number of methoxy groups -OCH3 is 1. The number of hydrogen-bond acceptors (Lipinski definition) is 23. The number of benzene rings is 3. The van der Waals surface area contributed by atoms with Crippen molar-refractivity contribution in [3.05, 3.63) is 116 Å². The molecule has 12 rings (SSSR count). The minimum Gasteiger partial charge on any atom is -0.535 e. The molecule has 2 aromatic heterocycles. The van der Waals surface area contributed by atoms with Crippen molar-refractivity contribution in [1.29, 1.82) is 0 Å². The van der Waals surface area contributed by atoms with Crippen molar-refractivity contribution in [1.82, 2.24) is 19.8 Å². The first-order valence-corrected chi connectivity index (χ1v) is 36.0. The van der Waals surface area contributed by atoms with E-state index in [0.717, 1.165) is 104 Å². The topological polar surface area (TPSA) is 306 Å². The molecule has 7 aliphatic rings. The highest BCUT2D eigenvalue weighted by Crippen LogP contribution is 2.66. The highest BCUT2D eigenvalue weighted by Gasteiger charge is 2.68. The fraction of sp³-hybridized carbons (Fsp3) is 0.537. The van der Waals surface area contributed by atoms with Gasteiger partial charge in [-0.05, 0) is 171 Å². The van der Waals surface area contributed by atoms with Crippen molar-refractivity contribution in [3.63, 3.8) is 0 Å². The maximum absolute atomic E-state index is 14.9. The summed E-state index contributed by atoms with van der Waals surface area (Å²) in [6.07, 6.45) is 5.83. The van der Waals surface area contributed by atoms with E-state index in [-0.39, 0.29) is 94.0 Å². The van der Waals surface area contributed by atoms with Gasteiger partial charge in [-0.1, -0.05) is 78.8 Å². The highest BCUT2D eigenvalue weighted by atomic mass is 35.6. The van der Waals surface area contributed by atoms with Crippen LogP contribution in [-0.4, -0.2) is 152 Å². The Morgan fingerprint density at radius 3 is 2.01 bits per heavy atom. The molecule has 2 bridgehead atoms. The number of rotatable bonds is 22. The lowest BCUT2D eigenvalue weighted by Gasteiger charge is -2.64. The molecule has 23 nitrogen and oxygen atoms in total. The van der Waals surface area contributed by atoms with Gasteiger partial charge in [0.2, 0.25) is 0 Å². The Morgan fingerprint density at radius 1 is 0.827 bits per heavy atom. The predicted octanol–water partition coefficient (Wildman–Crippen LogP) is 12.6. The lowest BCUT2D eigenvalue weighted by molar-refractivity contribution is -0.199. The van der Waals surface area contributed by atoms with Crippen LogP contribution in [0.2, 0.25) is 11.6 Å². The van der Waals surface area contributed by atoms with Crippen LogP contribution in [0.4, 0.5) is 15.1 Å². The van der Waals surface area contributed by atoms with Crippen molar-refractivity contribution in [3.8, 4) is 11.5 Å². The largest absolute Gasteiger partial charge is 0.535 e. The number of thiazole rings is 2. The summed E-state index contributed by atoms with van der Waals surface area (Å²) in [4.78, 5) is 84.6. The standard InChI is InChI=1S/C47H63BN4O9S.C20H23BN4O6S.BCl3/c1-44(2,3)58-41(54)38-31(26-52-20-14-15-21-52)19-18-30(40(38)56-10)22-33(48-60-37-24-32-23-36(46(32,7)8)47(37,9)61-48)25-35(53)39(51-57-27-29-16-12-11-13-17-29)34-28-62-42(49-34)50-43(55)59-45(4,5)6;22-20-23-14(10-32-20)17(24-30)15(26)8-13-7-11-3-4-12(9-25-5-1-2-6-25)16(19(27)28)18(11)31-21(13)29;2-1(3)4/h11-13,16-19,28,32-33,36-37H,14-15,20-27H2,1-10H3,(H,49,50,55);3-4,10,13,29-30H,1-2,5-9H2,(H2,22,23)(H,27,28);/b51-39-;24-17-;/t32-,33+,36-,37?,47-;13-;/m01./s1. The van der Waals surface area contributed by atoms with Crippen molar-refractivity contribution in [2.45, 2.75) is 181 Å². The molecule has 3 saturated heterocycles. The second-order valence-corrected chi connectivity index (χ2v) is 32.0. The number of esters is 1. The number of aromatic nitrogens is 2. The van der Waals surface area contributed by atoms with Crippen LogP contribution in [0, 0.1) is 17.3 Å². The van der Waals surface area contributed by atoms with Crippen LogP contribution in [0.15, 0.2) is 75.7 Å². The number of likely N-dealkylation sites (tertiary alicyclic amines) is 2. The SMILES string of the molecule is COc1c(C[C@H](CC(=O)/C(=N\OCc2ccccc2)c2csc(NC(=O)OC(C)(C)C)n2)B2OC3C[C@@H]4C[C@@H](C4(C)C)[C@]3(C)O2)ccc(CN2CCCC2)c1C(=O)OC(C)(C)C.ClB(Cl)Cl.Nc1nc(/C(=N/O)C(=O)C[C@H]2Cc3ccc(CN4CCCC4)c(C(=O)O)c3OB2O)cs1. The van der Waals surface area contributed by atoms with Crippen molar-refractivity contribution in [2.75, 3.05) is 44.3 Å². The number of nitrogen functional groups attached to an aromatic ring is 1. The molecule has 0 radical (unpaired) electrons. The number of hydrogen-bond donors (Lipinski definition) is 5. The number of carboxylic acid groups (broad SMARTS) is 1. The maximum Gasteiger partial charge on any atom is 0.526 e. The summed E-state index contributed by atoms with van der Waals surface area (Å²) in [6, 6.07) is 17.1. The summed E-state index contributed by atoms with van der Waals surface area (Å²) in [7, 11) is -0.568. The van der Waals surface area contributed by atoms with E-state index in [1.165, 1.54) is 5.38 Å². The molecule has 1 amide bonds. The first-order chi connectivity index (χ1) is 46.3. The summed E-state index contributed by atoms with van der Waals surface area (Å²) in [6.45, 7) is 22.6. The van der Waals surface area contributed by atoms with Crippen LogP contribution >= 0.6 is 57.1 Å². The smallest absolute Gasteiger partial charge is 0.526 e. The first-order valence-electron chi connectivity index (χ1n) is 32.9. The average molecular weight is 1450 g/mol. The number of carbonyl (C=O) groups is 5. The zero-order chi connectivity index (χ0) is 71.0. The van der Waals surface area contributed by atoms with E-state index in [4.69, 9.17) is 73.1 Å². The fourth-order valence-corrected chi connectivity index (χ4v) is 15.2. The van der Waals surface area contributed by atoms with Gasteiger partial charge in [0.1, 0.15) is 51.8 Å². The number of ether oxygens (including phenoxy) is 3. The zero-order valence-corrected chi connectivity index (χ0v) is 60.8. The van der Waals surface area contributed by atoms with Gasteiger partial charge >= 0.3 is 37.2 Å². The number of ketones is 2. The molecular formula is C67H86B3Cl3N8O15S2. The van der Waals surface area contributed by atoms with E-state index in [2.05, 4.69) is 56.2 Å². The molecule has 3 aromatic carbocycles. The number of halogens is 3. The molecule has 4 aliphatic heterocycles. The molecule has 31 heteroatoms. The van der Waals surface area contributed by atoms with Crippen LogP contribution in [-0.2, 0) is 65.7 Å². The number of nitrogens with one attached hydrogen (secondary N) is 1. The molecule has 6 atom stereocenters. The Morgan fingerprint density at radius 2 is 1.43 bits per heavy atom. The lowest BCUT2D eigenvalue weighted by Crippen LogP contribution is -2.65. The van der Waals surface area contributed by atoms with Gasteiger partial charge in [0.25, 0.3) is 0 Å². The van der Waals surface area contributed by atoms with Crippen LogP contribution in [0.25, 0.3) is 0 Å². The van der Waals surface area contributed by atoms with E-state index in [1.54, 1.807) is 45.4 Å². The molecule has 98 heavy (non-hydrogen) atoms. The third kappa shape index (κ3) is 19.0. The predicted molar refractivity (Wildman–Crippen MR) is 381 cm³/mol. The summed E-state index contributed by atoms with van der Waals surface area (Å²) >= 11 is 16.7. The molecule has 1 unspecified atom stereocenters. The van der Waals surface area contributed by atoms with E-state index in [9.17, 15) is 39.3 Å². The molecule has 6 heterocycles. The van der Waals surface area contributed by atoms with E-state index >= 15 is 0 Å². The number of amides is 1. The molecule has 526 valence electrons. The van der Waals surface area contributed by atoms with Crippen LogP contribution in [0.3, 0.4) is 0 Å². The minimum absolute atomic E-state index is 0.00759. The molecule has 6 N–H and O–H groups in total. The highest BCUT2D eigenvalue weighted by molar-refractivity contribution is 7.54. The molecule has 3 aliphatic carbocycles. The Kier molecular flexibility index (Phi) is 25.2. The van der Waals surface area contributed by atoms with Crippen LogP contribution in [0.5, 0.6) is 11.5 Å². The van der Waals surface area contributed by atoms with Gasteiger partial charge in [-0.3, -0.25) is 24.7 Å². The summed E-state index contributed by atoms with van der Waals surface area (Å²) in [5, 5.41) is 43.5. The molecule has 0 spiro atoms. The van der Waals surface area contributed by atoms with Gasteiger partial charge < -0.3 is 54.1 Å². The normalized spacial score (nSPS) is 21.6. The number of carbonyl (C=O) groups excluding carboxylic acids is 4. The fourth-order valence-electron chi connectivity index (χ4n) is 14.0. The number of oxime groups is 2. The van der Waals surface area contributed by atoms with E-state index in [0.29, 0.717) is 47.4 Å². The van der Waals surface area contributed by atoms with Crippen LogP contribution < -0.4 is 20.4 Å². The maximum atomic E-state index is 14.9. The number of anilines is 2. The molecule has 5 aromatic rings. The summed E-state index contributed by atoms with van der Waals surface area (Å²) in [5.74, 6) is -2.27. The number of aromatic carboxylic acids is 1. The zero-order valence-electron chi connectivity index (χ0n) is 56.9. The van der Waals surface area contributed by atoms with Gasteiger partial charge in [-0.2, -0.15) is 34.4 Å². The Labute approximate surface area is 595 Å². The average Bonchev–Trinajstić information content (AvgIpc) is 1.39.